The fourth-order valence-corrected chi connectivity index (χ4v) is 5.00. The van der Waals surface area contributed by atoms with Gasteiger partial charge in [-0.05, 0) is 58.2 Å². The van der Waals surface area contributed by atoms with Gasteiger partial charge in [0.2, 0.25) is 10.0 Å². The Morgan fingerprint density at radius 2 is 1.95 bits per heavy atom. The van der Waals surface area contributed by atoms with Crippen LogP contribution in [0.15, 0.2) is 38.3 Å². The van der Waals surface area contributed by atoms with Crippen LogP contribution < -0.4 is 14.2 Å². The maximum absolute atomic E-state index is 12.1. The number of ether oxygens (including phenoxy) is 2. The van der Waals surface area contributed by atoms with Crippen molar-refractivity contribution in [3.8, 4) is 11.5 Å². The van der Waals surface area contributed by atoms with E-state index in [4.69, 9.17) is 9.47 Å². The second-order valence-electron chi connectivity index (χ2n) is 4.38. The highest BCUT2D eigenvalue weighted by Crippen LogP contribution is 2.26. The van der Waals surface area contributed by atoms with Crippen LogP contribution in [0.4, 0.5) is 0 Å². The van der Waals surface area contributed by atoms with Crippen LogP contribution in [0.1, 0.15) is 5.56 Å². The molecule has 0 aliphatic rings. The minimum atomic E-state index is -3.48. The predicted molar refractivity (Wildman–Crippen MR) is 90.5 cm³/mol. The van der Waals surface area contributed by atoms with Crippen LogP contribution in [-0.4, -0.2) is 29.2 Å². The number of thiophene rings is 1. The van der Waals surface area contributed by atoms with Crippen LogP contribution >= 0.6 is 27.3 Å². The summed E-state index contributed by atoms with van der Waals surface area (Å²) >= 11 is 4.44. The number of nitrogens with one attached hydrogen (secondary N) is 1. The third kappa shape index (κ3) is 4.22. The van der Waals surface area contributed by atoms with Crippen LogP contribution in [0.5, 0.6) is 11.5 Å². The van der Waals surface area contributed by atoms with Crippen molar-refractivity contribution in [3.05, 3.63) is 39.7 Å². The molecule has 0 amide bonds. The normalized spacial score (nSPS) is 11.4. The van der Waals surface area contributed by atoms with E-state index in [1.807, 2.05) is 6.07 Å². The number of hydrogen-bond acceptors (Lipinski definition) is 5. The van der Waals surface area contributed by atoms with Gasteiger partial charge in [-0.2, -0.15) is 0 Å². The summed E-state index contributed by atoms with van der Waals surface area (Å²) in [6.45, 7) is 0.279. The standard InChI is InChI=1S/C14H16BrNO4S2/c1-19-11-3-4-12(20-2)10(9-11)7-8-16-22(17,18)14-6-5-13(15)21-14/h3-6,9,16H,7-8H2,1-2H3. The van der Waals surface area contributed by atoms with Crippen LogP contribution in [0.2, 0.25) is 0 Å². The minimum Gasteiger partial charge on any atom is -0.497 e. The molecule has 0 fully saturated rings. The lowest BCUT2D eigenvalue weighted by atomic mass is 10.1. The largest absolute Gasteiger partial charge is 0.497 e. The van der Waals surface area contributed by atoms with Crippen molar-refractivity contribution in [2.24, 2.45) is 0 Å². The molecule has 0 spiro atoms. The Morgan fingerprint density at radius 3 is 2.55 bits per heavy atom. The highest BCUT2D eigenvalue weighted by Gasteiger charge is 2.16. The van der Waals surface area contributed by atoms with Crippen molar-refractivity contribution in [1.29, 1.82) is 0 Å². The third-order valence-corrected chi connectivity index (χ3v) is 6.56. The first-order valence-corrected chi connectivity index (χ1v) is 9.51. The number of rotatable bonds is 7. The molecule has 8 heteroatoms. The Labute approximate surface area is 142 Å². The van der Waals surface area contributed by atoms with Crippen LogP contribution in [0.3, 0.4) is 0 Å². The van der Waals surface area contributed by atoms with Gasteiger partial charge in [0.25, 0.3) is 0 Å². The first-order valence-electron chi connectivity index (χ1n) is 6.42. The topological polar surface area (TPSA) is 64.6 Å². The molecule has 0 saturated heterocycles. The molecule has 2 aromatic rings. The zero-order valence-corrected chi connectivity index (χ0v) is 15.3. The maximum Gasteiger partial charge on any atom is 0.250 e. The van der Waals surface area contributed by atoms with E-state index < -0.39 is 10.0 Å². The summed E-state index contributed by atoms with van der Waals surface area (Å²) in [5.41, 5.74) is 0.886. The van der Waals surface area contributed by atoms with Gasteiger partial charge in [0, 0.05) is 6.54 Å². The number of sulfonamides is 1. The highest BCUT2D eigenvalue weighted by atomic mass is 79.9. The summed E-state index contributed by atoms with van der Waals surface area (Å²) in [4.78, 5) is 0. The average Bonchev–Trinajstić information content (AvgIpc) is 2.94. The van der Waals surface area contributed by atoms with Gasteiger partial charge in [-0.1, -0.05) is 0 Å². The van der Waals surface area contributed by atoms with E-state index in [1.54, 1.807) is 38.5 Å². The number of hydrogen-bond donors (Lipinski definition) is 1. The monoisotopic (exact) mass is 405 g/mol. The van der Waals surface area contributed by atoms with E-state index >= 15 is 0 Å². The van der Waals surface area contributed by atoms with Crippen LogP contribution in [0.25, 0.3) is 0 Å². The van der Waals surface area contributed by atoms with Crippen molar-refractivity contribution in [2.45, 2.75) is 10.6 Å². The molecule has 1 N–H and O–H groups in total. The van der Waals surface area contributed by atoms with Crippen molar-refractivity contribution in [1.82, 2.24) is 4.72 Å². The minimum absolute atomic E-state index is 0.279. The van der Waals surface area contributed by atoms with Crippen molar-refractivity contribution in [2.75, 3.05) is 20.8 Å². The quantitative estimate of drug-likeness (QED) is 0.768. The summed E-state index contributed by atoms with van der Waals surface area (Å²) in [6.07, 6.45) is 0.506. The molecule has 0 bridgehead atoms. The Hall–Kier alpha value is -1.09. The highest BCUT2D eigenvalue weighted by molar-refractivity contribution is 9.11. The molecule has 22 heavy (non-hydrogen) atoms. The summed E-state index contributed by atoms with van der Waals surface area (Å²) in [5, 5.41) is 0. The van der Waals surface area contributed by atoms with E-state index in [0.29, 0.717) is 17.9 Å². The molecule has 0 radical (unpaired) electrons. The van der Waals surface area contributed by atoms with Crippen LogP contribution in [0, 0.1) is 0 Å². The fourth-order valence-electron chi connectivity index (χ4n) is 1.91. The first-order chi connectivity index (χ1) is 10.5. The fraction of sp³-hybridized carbons (Fsp3) is 0.286. The Kier molecular flexibility index (Phi) is 5.85. The molecule has 0 aliphatic carbocycles. The zero-order chi connectivity index (χ0) is 16.2. The molecule has 120 valence electrons. The van der Waals surface area contributed by atoms with E-state index in [0.717, 1.165) is 9.35 Å². The van der Waals surface area contributed by atoms with Gasteiger partial charge in [0.15, 0.2) is 0 Å². The molecule has 2 rings (SSSR count). The first kappa shape index (κ1) is 17.3. The van der Waals surface area contributed by atoms with Gasteiger partial charge in [0.05, 0.1) is 18.0 Å². The van der Waals surface area contributed by atoms with Gasteiger partial charge in [-0.15, -0.1) is 11.3 Å². The second-order valence-corrected chi connectivity index (χ2v) is 8.84. The molecule has 0 atom stereocenters. The predicted octanol–water partition coefficient (Wildman–Crippen LogP) is 3.05. The third-order valence-electron chi connectivity index (χ3n) is 2.99. The van der Waals surface area contributed by atoms with E-state index in [2.05, 4.69) is 20.7 Å². The summed E-state index contributed by atoms with van der Waals surface area (Å²) in [6, 6.07) is 8.73. The number of methoxy groups -OCH3 is 2. The van der Waals surface area contributed by atoms with Crippen molar-refractivity contribution >= 4 is 37.3 Å². The van der Waals surface area contributed by atoms with Gasteiger partial charge in [0.1, 0.15) is 15.7 Å². The maximum atomic E-state index is 12.1. The molecule has 0 aliphatic heterocycles. The molecule has 5 nitrogen and oxygen atoms in total. The Balaban J connectivity index is 2.04. The van der Waals surface area contributed by atoms with Crippen molar-refractivity contribution in [3.63, 3.8) is 0 Å². The SMILES string of the molecule is COc1ccc(OC)c(CCNS(=O)(=O)c2ccc(Br)s2)c1. The van der Waals surface area contributed by atoms with Gasteiger partial charge in [-0.25, -0.2) is 13.1 Å². The molecule has 1 aromatic carbocycles. The smallest absolute Gasteiger partial charge is 0.250 e. The summed E-state index contributed by atoms with van der Waals surface area (Å²) in [7, 11) is -0.310. The van der Waals surface area contributed by atoms with Gasteiger partial charge >= 0.3 is 0 Å². The molecular formula is C14H16BrNO4S2. The Bertz CT molecular complexity index is 743. The lowest BCUT2D eigenvalue weighted by Crippen LogP contribution is -2.25. The van der Waals surface area contributed by atoms with Crippen LogP contribution in [-0.2, 0) is 16.4 Å². The molecule has 1 aromatic heterocycles. The van der Waals surface area contributed by atoms with Crippen molar-refractivity contribution < 1.29 is 17.9 Å². The molecule has 1 heterocycles. The second kappa shape index (κ2) is 7.45. The molecule has 0 saturated carbocycles. The number of halogens is 1. The van der Waals surface area contributed by atoms with Gasteiger partial charge < -0.3 is 9.47 Å². The lowest BCUT2D eigenvalue weighted by molar-refractivity contribution is 0.398. The van der Waals surface area contributed by atoms with E-state index in [1.165, 1.54) is 11.3 Å². The molecule has 0 unspecified atom stereocenters. The van der Waals surface area contributed by atoms with Gasteiger partial charge in [-0.3, -0.25) is 0 Å². The zero-order valence-electron chi connectivity index (χ0n) is 12.1. The summed E-state index contributed by atoms with van der Waals surface area (Å²) in [5.74, 6) is 1.42. The number of benzene rings is 1. The van der Waals surface area contributed by atoms with E-state index in [9.17, 15) is 8.42 Å². The Morgan fingerprint density at radius 1 is 1.18 bits per heavy atom. The summed E-state index contributed by atoms with van der Waals surface area (Å²) < 4.78 is 38.4. The average molecular weight is 406 g/mol. The molecular weight excluding hydrogens is 390 g/mol. The lowest BCUT2D eigenvalue weighted by Gasteiger charge is -2.11. The van der Waals surface area contributed by atoms with E-state index in [-0.39, 0.29) is 10.8 Å².